The van der Waals surface area contributed by atoms with Gasteiger partial charge in [-0.1, -0.05) is 236 Å². The number of hydrogen-bond acceptors (Lipinski definition) is 5. The van der Waals surface area contributed by atoms with Crippen molar-refractivity contribution in [1.82, 2.24) is 0 Å². The fourth-order valence-electron chi connectivity index (χ4n) is 11.5. The molecule has 0 unspecified atom stereocenters. The fraction of sp³-hybridized carbons (Fsp3) is 0.286. The third-order valence-electron chi connectivity index (χ3n) is 15.7. The summed E-state index contributed by atoms with van der Waals surface area (Å²) in [5.74, 6) is 0.489. The summed E-state index contributed by atoms with van der Waals surface area (Å²) in [6, 6.07) is 72.8. The van der Waals surface area contributed by atoms with Crippen LogP contribution in [0.3, 0.4) is 0 Å². The molecule has 0 bridgehead atoms. The zero-order valence-corrected chi connectivity index (χ0v) is 48.7. The minimum absolute atomic E-state index is 0. The molecule has 2 atom stereocenters. The summed E-state index contributed by atoms with van der Waals surface area (Å²) in [6.45, 7) is 13.0. The second-order valence-corrected chi connectivity index (χ2v) is 23.3. The van der Waals surface area contributed by atoms with Crippen LogP contribution in [0, 0.1) is 0 Å². The third-order valence-corrected chi connectivity index (χ3v) is 15.7. The maximum absolute atomic E-state index is 12.3. The number of nitrogens with zero attached hydrogens (tertiary/aromatic N) is 2. The van der Waals surface area contributed by atoms with Crippen molar-refractivity contribution < 1.29 is 71.6 Å². The van der Waals surface area contributed by atoms with Crippen molar-refractivity contribution in [3.63, 3.8) is 0 Å². The second-order valence-electron chi connectivity index (χ2n) is 23.3. The van der Waals surface area contributed by atoms with Gasteiger partial charge in [0.25, 0.3) is 0 Å². The largest absolute Gasteiger partial charge is 0.830 e. The van der Waals surface area contributed by atoms with Crippen LogP contribution in [0.15, 0.2) is 216 Å². The molecule has 1 saturated carbocycles. The number of benzene rings is 8. The van der Waals surface area contributed by atoms with Crippen molar-refractivity contribution in [1.29, 1.82) is 0 Å². The average Bonchev–Trinajstić information content (AvgIpc) is 2.54. The van der Waals surface area contributed by atoms with Crippen LogP contribution in [-0.4, -0.2) is 58.9 Å². The molecular formula is C70H66CoF9N2O3-. The molecule has 85 heavy (non-hydrogen) atoms. The van der Waals surface area contributed by atoms with Gasteiger partial charge in [-0.05, 0) is 92.4 Å². The minimum Gasteiger partial charge on any atom is -0.830 e. The van der Waals surface area contributed by atoms with E-state index in [1.165, 1.54) is 0 Å². The summed E-state index contributed by atoms with van der Waals surface area (Å²) in [5, 5.41) is 34.4. The summed E-state index contributed by atoms with van der Waals surface area (Å²) >= 11 is 0. The van der Waals surface area contributed by atoms with Crippen molar-refractivity contribution in [3.05, 3.63) is 273 Å². The van der Waals surface area contributed by atoms with E-state index in [4.69, 9.17) is 9.98 Å². The summed E-state index contributed by atoms with van der Waals surface area (Å²) in [4.78, 5) is 10.7. The van der Waals surface area contributed by atoms with Crippen molar-refractivity contribution >= 4 is 12.4 Å². The average molecular weight is 1210 g/mol. The number of phenols is 2. The van der Waals surface area contributed by atoms with Gasteiger partial charge in [0.2, 0.25) is 0 Å². The molecule has 0 heterocycles. The number of phenolic OH excluding ortho intramolecular Hbond substituents is 2. The normalized spacial score (nSPS) is 15.7. The fourth-order valence-corrected chi connectivity index (χ4v) is 11.5. The van der Waals surface area contributed by atoms with Gasteiger partial charge in [-0.3, -0.25) is 9.98 Å². The first-order chi connectivity index (χ1) is 39.6. The van der Waals surface area contributed by atoms with Crippen LogP contribution in [0.25, 0.3) is 0 Å². The number of aliphatic imine (C=N–C) groups is 2. The Balaban J connectivity index is 0.000000612. The maximum Gasteiger partial charge on any atom is 0.397 e. The molecule has 15 heteroatoms. The van der Waals surface area contributed by atoms with Gasteiger partial charge in [0, 0.05) is 51.5 Å². The van der Waals surface area contributed by atoms with Crippen molar-refractivity contribution in [3.8, 4) is 11.5 Å². The molecule has 447 valence electrons. The second kappa shape index (κ2) is 25.6. The zero-order chi connectivity index (χ0) is 60.9. The van der Waals surface area contributed by atoms with E-state index in [2.05, 4.69) is 248 Å². The summed E-state index contributed by atoms with van der Waals surface area (Å²) in [5.41, 5.74) is 2.94. The van der Waals surface area contributed by atoms with Crippen LogP contribution < -0.4 is 5.11 Å². The molecule has 5 nitrogen and oxygen atoms in total. The van der Waals surface area contributed by atoms with E-state index >= 15 is 0 Å². The monoisotopic (exact) mass is 1210 g/mol. The number of rotatable bonds is 12. The standard InChI is InChI=1S/C66H66N2O2.C4F9O.Co/c1-63(2,3)57-43-55(65(49-27-13-7-14-28-49,50-29-15-8-16-30-50)51-31-17-9-18-32-51)41-47(61(57)69)45-67-59-39-25-26-40-60(59)68-46-48-42-56(44-58(62(48)70)64(4,5)6)66(52-33-19-10-20-34-52,53-35-21-11-22-36-53)54-37-23-12-24-38-54;5-2(6,7)1(14,3(8,9)10)4(11,12)13;/h7-24,27-38,41-46,59-60,69-70H,25-26,39-40H2,1-6H3;;/q;-1;/t59-,60-;;/m1../s1. The molecule has 0 saturated heterocycles. The van der Waals surface area contributed by atoms with Gasteiger partial charge in [-0.25, -0.2) is 0 Å². The van der Waals surface area contributed by atoms with E-state index in [1.54, 1.807) is 0 Å². The van der Waals surface area contributed by atoms with E-state index in [9.17, 15) is 54.8 Å². The Morgan fingerprint density at radius 3 is 0.788 bits per heavy atom. The molecule has 8 aromatic rings. The predicted octanol–water partition coefficient (Wildman–Crippen LogP) is 17.1. The molecule has 0 spiro atoms. The Morgan fingerprint density at radius 1 is 0.376 bits per heavy atom. The molecule has 2 N–H and O–H groups in total. The van der Waals surface area contributed by atoms with E-state index in [-0.39, 0.29) is 51.2 Å². The van der Waals surface area contributed by atoms with Gasteiger partial charge in [0.05, 0.1) is 22.9 Å². The molecule has 1 aliphatic carbocycles. The Hall–Kier alpha value is -7.46. The topological polar surface area (TPSA) is 88.2 Å². The van der Waals surface area contributed by atoms with Crippen LogP contribution in [0.5, 0.6) is 11.5 Å². The summed E-state index contributed by atoms with van der Waals surface area (Å²) < 4.78 is 102. The molecule has 9 rings (SSSR count). The van der Waals surface area contributed by atoms with Gasteiger partial charge in [-0.15, -0.1) is 0 Å². The Kier molecular flexibility index (Phi) is 19.6. The van der Waals surface area contributed by atoms with Gasteiger partial charge in [0.15, 0.2) is 5.60 Å². The van der Waals surface area contributed by atoms with Gasteiger partial charge >= 0.3 is 18.5 Å². The first-order valence-electron chi connectivity index (χ1n) is 27.6. The first-order valence-corrected chi connectivity index (χ1v) is 27.6. The molecule has 1 radical (unpaired) electrons. The first kappa shape index (κ1) is 65.1. The van der Waals surface area contributed by atoms with E-state index < -0.39 is 35.0 Å². The summed E-state index contributed by atoms with van der Waals surface area (Å²) in [7, 11) is 0. The molecule has 0 aliphatic heterocycles. The summed E-state index contributed by atoms with van der Waals surface area (Å²) in [6.07, 6.45) is -13.3. The third kappa shape index (κ3) is 13.0. The molecular weight excluding hydrogens is 1150 g/mol. The Morgan fingerprint density at radius 2 is 0.600 bits per heavy atom. The number of halogens is 9. The van der Waals surface area contributed by atoms with Crippen LogP contribution in [-0.2, 0) is 38.4 Å². The SMILES string of the molecule is CC(C)(C)c1cc(C(c2ccccc2)(c2ccccc2)c2ccccc2)cc(C=N[C@@H]2CCCC[C@H]2N=Cc2cc(C(c3ccccc3)(c3ccccc3)c3ccccc3)cc(C(C)(C)C)c2O)c1O.[Co].[O-]C(C(F)(F)F)(C(F)(F)F)C(F)(F)F. The van der Waals surface area contributed by atoms with E-state index in [0.29, 0.717) is 11.1 Å². The van der Waals surface area contributed by atoms with Crippen LogP contribution in [0.2, 0.25) is 0 Å². The van der Waals surface area contributed by atoms with Gasteiger partial charge in [0.1, 0.15) is 11.5 Å². The maximum atomic E-state index is 12.3. The van der Waals surface area contributed by atoms with Crippen LogP contribution >= 0.6 is 0 Å². The molecule has 0 amide bonds. The minimum atomic E-state index is -6.98. The zero-order valence-electron chi connectivity index (χ0n) is 47.7. The predicted molar refractivity (Wildman–Crippen MR) is 312 cm³/mol. The Labute approximate surface area is 501 Å². The molecule has 8 aromatic carbocycles. The van der Waals surface area contributed by atoms with E-state index in [0.717, 1.165) is 81.3 Å². The quantitative estimate of drug-likeness (QED) is 0.0726. The van der Waals surface area contributed by atoms with Crippen LogP contribution in [0.4, 0.5) is 39.5 Å². The molecule has 0 aromatic heterocycles. The van der Waals surface area contributed by atoms with Crippen molar-refractivity contribution in [2.75, 3.05) is 0 Å². The number of hydrogen-bond donors (Lipinski definition) is 2. The van der Waals surface area contributed by atoms with Crippen molar-refractivity contribution in [2.45, 2.75) is 125 Å². The smallest absolute Gasteiger partial charge is 0.397 e. The van der Waals surface area contributed by atoms with Gasteiger partial charge in [-0.2, -0.15) is 39.5 Å². The Bertz CT molecular complexity index is 3090. The van der Waals surface area contributed by atoms with Gasteiger partial charge < -0.3 is 15.3 Å². The van der Waals surface area contributed by atoms with Crippen LogP contribution in [0.1, 0.15) is 134 Å². The molecule has 1 fully saturated rings. The van der Waals surface area contributed by atoms with Crippen molar-refractivity contribution in [2.24, 2.45) is 9.98 Å². The number of alkyl halides is 9. The number of aromatic hydroxyl groups is 2. The van der Waals surface area contributed by atoms with E-state index in [1.807, 2.05) is 12.4 Å². The molecule has 1 aliphatic rings.